The predicted molar refractivity (Wildman–Crippen MR) is 2.22 cm³/mol. The van der Waals surface area contributed by atoms with Crippen LogP contribution in [0.4, 0.5) is 0 Å². The van der Waals surface area contributed by atoms with E-state index >= 15 is 0 Å². The van der Waals surface area contributed by atoms with Crippen molar-refractivity contribution in [1.82, 2.24) is 0 Å². The Balaban J connectivity index is 0. The first kappa shape index (κ1) is 30.4. The molecule has 0 fully saturated rings. The van der Waals surface area contributed by atoms with Crippen LogP contribution in [0.15, 0.2) is 0 Å². The van der Waals surface area contributed by atoms with E-state index in [-0.39, 0.29) is 84.0 Å². The van der Waals surface area contributed by atoms with Crippen LogP contribution in [-0.4, -0.2) is 0 Å². The minimum Gasteiger partial charge on any atom is -1.00 e. The molecule has 0 N–H and O–H groups in total. The largest absolute Gasteiger partial charge is 1.00 e. The molecule has 0 saturated heterocycles. The second kappa shape index (κ2) is 17.5. The van der Waals surface area contributed by atoms with Crippen molar-refractivity contribution in [1.29, 1.82) is 0 Å². The summed E-state index contributed by atoms with van der Waals surface area (Å²) in [5.41, 5.74) is 0. The third kappa shape index (κ3) is 8.82. The zero-order chi connectivity index (χ0) is 0. The molecular formula is H2Li2Ti2. The molecule has 0 radical (unpaired) electrons. The van der Waals surface area contributed by atoms with Crippen LogP contribution in [0.25, 0.3) is 0 Å². The Hall–Kier alpha value is 2.62. The van der Waals surface area contributed by atoms with Crippen LogP contribution in [0.5, 0.6) is 0 Å². The van der Waals surface area contributed by atoms with Crippen molar-refractivity contribution in [2.45, 2.75) is 0 Å². The summed E-state index contributed by atoms with van der Waals surface area (Å²) in [6.45, 7) is 0. The monoisotopic (exact) mass is 112 g/mol. The van der Waals surface area contributed by atoms with E-state index in [0.29, 0.717) is 0 Å². The van der Waals surface area contributed by atoms with E-state index in [4.69, 9.17) is 0 Å². The third-order valence-corrected chi connectivity index (χ3v) is 0. The Morgan fingerprint density at radius 3 is 0.750 bits per heavy atom. The zero-order valence-electron chi connectivity index (χ0n) is 5.00. The van der Waals surface area contributed by atoms with Gasteiger partial charge in [0.2, 0.25) is 0 Å². The van der Waals surface area contributed by atoms with Gasteiger partial charge in [0.15, 0.2) is 0 Å². The van der Waals surface area contributed by atoms with Crippen molar-refractivity contribution in [3.8, 4) is 0 Å². The fourth-order valence-electron chi connectivity index (χ4n) is 0. The normalized spacial score (nSPS) is 0. The molecule has 0 aliphatic heterocycles. The van der Waals surface area contributed by atoms with E-state index in [9.17, 15) is 0 Å². The van der Waals surface area contributed by atoms with Crippen molar-refractivity contribution >= 4 is 0 Å². The van der Waals surface area contributed by atoms with Crippen molar-refractivity contribution in [2.75, 3.05) is 0 Å². The maximum atomic E-state index is 0. The van der Waals surface area contributed by atoms with Gasteiger partial charge in [0.1, 0.15) is 0 Å². The summed E-state index contributed by atoms with van der Waals surface area (Å²) in [5.74, 6) is 0. The predicted octanol–water partition coefficient (Wildman–Crippen LogP) is -5.77. The summed E-state index contributed by atoms with van der Waals surface area (Å²) in [7, 11) is 0. The van der Waals surface area contributed by atoms with E-state index in [0.717, 1.165) is 0 Å². The molecule has 4 heavy (non-hydrogen) atoms. The van der Waals surface area contributed by atoms with Gasteiger partial charge in [0.25, 0.3) is 0 Å². The fraction of sp³-hybridized carbons (Fsp3) is 0. The summed E-state index contributed by atoms with van der Waals surface area (Å²) in [5, 5.41) is 0. The molecular weight excluding hydrogens is 110 g/mol. The molecule has 12 valence electrons. The quantitative estimate of drug-likeness (QED) is 0.274. The van der Waals surface area contributed by atoms with Crippen molar-refractivity contribution < 1.29 is 84.0 Å². The number of hydrogen-bond acceptors (Lipinski definition) is 0. The molecule has 0 nitrogen and oxygen atoms in total. The maximum absolute atomic E-state index is 0. The van der Waals surface area contributed by atoms with E-state index in [1.165, 1.54) is 0 Å². The second-order valence-corrected chi connectivity index (χ2v) is 0. The van der Waals surface area contributed by atoms with Gasteiger partial charge in [0, 0.05) is 43.4 Å². The van der Waals surface area contributed by atoms with Gasteiger partial charge >= 0.3 is 37.7 Å². The third-order valence-electron chi connectivity index (χ3n) is 0. The summed E-state index contributed by atoms with van der Waals surface area (Å²) >= 11 is 0. The molecule has 0 aromatic carbocycles. The second-order valence-electron chi connectivity index (χ2n) is 0. The van der Waals surface area contributed by atoms with Gasteiger partial charge in [0.05, 0.1) is 0 Å². The molecule has 0 unspecified atom stereocenters. The van der Waals surface area contributed by atoms with Gasteiger partial charge in [-0.1, -0.05) is 0 Å². The first-order valence-electron chi connectivity index (χ1n) is 0. The van der Waals surface area contributed by atoms with Crippen LogP contribution in [0, 0.1) is 0 Å². The summed E-state index contributed by atoms with van der Waals surface area (Å²) in [6, 6.07) is 0. The standard InChI is InChI=1S/2Li.2Ti.2H/q2*+1;;;2*-1. The molecule has 0 aliphatic rings. The Kier molecular flexibility index (Phi) is 133. The van der Waals surface area contributed by atoms with Crippen LogP contribution in [0.2, 0.25) is 0 Å². The summed E-state index contributed by atoms with van der Waals surface area (Å²) < 4.78 is 0. The Labute approximate surface area is 82.9 Å². The van der Waals surface area contributed by atoms with Gasteiger partial charge in [-0.3, -0.25) is 0 Å². The molecule has 0 aromatic heterocycles. The number of rotatable bonds is 0. The van der Waals surface area contributed by atoms with Gasteiger partial charge in [-0.05, 0) is 0 Å². The number of hydrogen-bond donors (Lipinski definition) is 0. The Morgan fingerprint density at radius 2 is 0.750 bits per heavy atom. The average Bonchev–Trinajstić information content (AvgIpc) is 0. The van der Waals surface area contributed by atoms with Crippen LogP contribution in [0.1, 0.15) is 2.85 Å². The van der Waals surface area contributed by atoms with Crippen LogP contribution in [-0.2, 0) is 43.4 Å². The molecule has 0 rings (SSSR count). The molecule has 0 aromatic rings. The molecule has 0 heterocycles. The molecule has 0 amide bonds. The van der Waals surface area contributed by atoms with Gasteiger partial charge in [-0.15, -0.1) is 0 Å². The average molecular weight is 112 g/mol. The van der Waals surface area contributed by atoms with Crippen LogP contribution in [0.3, 0.4) is 0 Å². The van der Waals surface area contributed by atoms with Crippen LogP contribution >= 0.6 is 0 Å². The van der Waals surface area contributed by atoms with E-state index in [1.54, 1.807) is 0 Å². The van der Waals surface area contributed by atoms with Crippen molar-refractivity contribution in [3.05, 3.63) is 0 Å². The molecule has 0 spiro atoms. The topological polar surface area (TPSA) is 0 Å². The minimum atomic E-state index is 0. The van der Waals surface area contributed by atoms with Crippen molar-refractivity contribution in [3.63, 3.8) is 0 Å². The Morgan fingerprint density at radius 1 is 0.750 bits per heavy atom. The molecule has 0 aliphatic carbocycles. The first-order chi connectivity index (χ1) is 0. The molecule has 0 bridgehead atoms. The smallest absolute Gasteiger partial charge is 1.00 e. The zero-order valence-corrected chi connectivity index (χ0v) is 6.12. The maximum Gasteiger partial charge on any atom is 1.00 e. The summed E-state index contributed by atoms with van der Waals surface area (Å²) in [6.07, 6.45) is 0. The van der Waals surface area contributed by atoms with Gasteiger partial charge in [-0.25, -0.2) is 0 Å². The van der Waals surface area contributed by atoms with E-state index in [1.807, 2.05) is 0 Å². The SMILES string of the molecule is [H-].[H-].[Li+].[Li+].[Ti].[Ti]. The van der Waals surface area contributed by atoms with Gasteiger partial charge in [-0.2, -0.15) is 0 Å². The first-order valence-corrected chi connectivity index (χ1v) is 0. The van der Waals surface area contributed by atoms with Crippen molar-refractivity contribution in [2.24, 2.45) is 0 Å². The molecule has 0 saturated carbocycles. The fourth-order valence-corrected chi connectivity index (χ4v) is 0. The summed E-state index contributed by atoms with van der Waals surface area (Å²) in [4.78, 5) is 0. The van der Waals surface area contributed by atoms with E-state index < -0.39 is 0 Å². The molecule has 0 atom stereocenters. The van der Waals surface area contributed by atoms with Crippen LogP contribution < -0.4 is 37.7 Å². The molecule has 4 heteroatoms. The minimum absolute atomic E-state index is 0. The Bertz CT molecular complexity index is 9.51. The van der Waals surface area contributed by atoms with E-state index in [2.05, 4.69) is 0 Å². The van der Waals surface area contributed by atoms with Gasteiger partial charge < -0.3 is 2.85 Å².